The molecule has 0 heteroatoms. The van der Waals surface area contributed by atoms with E-state index in [0.29, 0.717) is 27.1 Å². The van der Waals surface area contributed by atoms with Gasteiger partial charge >= 0.3 is 0 Å². The molecule has 2 aliphatic carbocycles. The Bertz CT molecular complexity index is 616. The lowest BCUT2D eigenvalue weighted by Crippen LogP contribution is -2.32. The lowest BCUT2D eigenvalue weighted by Gasteiger charge is -2.44. The number of rotatable bonds is 0. The molecule has 2 saturated carbocycles. The van der Waals surface area contributed by atoms with Crippen molar-refractivity contribution >= 4 is 0 Å². The largest absolute Gasteiger partial charge is 0.0776 e. The zero-order valence-electron chi connectivity index (χ0n) is 26.1. The van der Waals surface area contributed by atoms with Crippen LogP contribution >= 0.6 is 0 Å². The van der Waals surface area contributed by atoms with Crippen LogP contribution in [0.1, 0.15) is 176 Å². The van der Waals surface area contributed by atoms with Crippen LogP contribution in [0.3, 0.4) is 0 Å². The third-order valence-electron chi connectivity index (χ3n) is 6.61. The van der Waals surface area contributed by atoms with Crippen molar-refractivity contribution in [2.24, 2.45) is 27.6 Å². The third-order valence-corrected chi connectivity index (χ3v) is 6.61. The van der Waals surface area contributed by atoms with Gasteiger partial charge in [-0.3, -0.25) is 0 Å². The van der Waals surface area contributed by atoms with Crippen molar-refractivity contribution in [3.8, 4) is 0 Å². The summed E-state index contributed by atoms with van der Waals surface area (Å²) in [5.74, 6) is 0.925. The molecule has 0 spiro atoms. The monoisotopic (exact) mass is 521 g/mol. The van der Waals surface area contributed by atoms with E-state index in [-0.39, 0.29) is 22.3 Å². The Morgan fingerprint density at radius 1 is 0.595 bits per heavy atom. The van der Waals surface area contributed by atoms with Crippen LogP contribution in [0.25, 0.3) is 0 Å². The van der Waals surface area contributed by atoms with Crippen LogP contribution in [-0.4, -0.2) is 0 Å². The molecule has 37 heavy (non-hydrogen) atoms. The molecule has 0 aliphatic heterocycles. The maximum atomic E-state index is 2.41. The molecule has 0 saturated heterocycles. The standard InChI is InChI=1S/C11H22.C10H14.C8H16.C5H12.3CH4/c1-9-6-10(2,3)8-11(4,5)7-9;1-10(2,3)9-7-5-4-6-8-9;1-8(2)6-4-3-5-7-8;1-5(2,3)4;;;/h9H,6-8H2,1-5H3;4-8H,1-3H3;3-7H2,1-2H3;1-4H3;3*1H4. The summed E-state index contributed by atoms with van der Waals surface area (Å²) in [6.45, 7) is 32.2. The zero-order chi connectivity index (χ0) is 26.8. The average molecular weight is 521 g/mol. The normalized spacial score (nSPS) is 19.7. The van der Waals surface area contributed by atoms with Gasteiger partial charge in [-0.15, -0.1) is 0 Å². The van der Waals surface area contributed by atoms with Crippen molar-refractivity contribution in [3.05, 3.63) is 35.9 Å². The summed E-state index contributed by atoms with van der Waals surface area (Å²) in [4.78, 5) is 0. The molecule has 0 amide bonds. The molecule has 2 aliphatic rings. The minimum Gasteiger partial charge on any atom is -0.0776 e. The summed E-state index contributed by atoms with van der Waals surface area (Å²) in [6.07, 6.45) is 11.5. The summed E-state index contributed by atoms with van der Waals surface area (Å²) < 4.78 is 0. The Kier molecular flexibility index (Phi) is 20.7. The van der Waals surface area contributed by atoms with Gasteiger partial charge in [0.15, 0.2) is 0 Å². The maximum absolute atomic E-state index is 2.41. The van der Waals surface area contributed by atoms with E-state index >= 15 is 0 Å². The molecule has 0 heterocycles. The Labute approximate surface area is 239 Å². The molecule has 0 aromatic heterocycles. The van der Waals surface area contributed by atoms with E-state index in [1.54, 1.807) is 0 Å². The van der Waals surface area contributed by atoms with E-state index in [4.69, 9.17) is 0 Å². The molecular formula is C37H76. The summed E-state index contributed by atoms with van der Waals surface area (Å²) in [5.41, 5.74) is 4.04. The second-order valence-electron chi connectivity index (χ2n) is 16.4. The zero-order valence-corrected chi connectivity index (χ0v) is 26.1. The van der Waals surface area contributed by atoms with Gasteiger partial charge in [0.05, 0.1) is 0 Å². The highest BCUT2D eigenvalue weighted by atomic mass is 14.4. The summed E-state index contributed by atoms with van der Waals surface area (Å²) in [6, 6.07) is 10.6. The molecule has 0 nitrogen and oxygen atoms in total. The molecule has 0 unspecified atom stereocenters. The highest BCUT2D eigenvalue weighted by Crippen LogP contribution is 2.47. The molecule has 0 radical (unpaired) electrons. The molecule has 0 atom stereocenters. The Hall–Kier alpha value is -0.780. The van der Waals surface area contributed by atoms with Crippen molar-refractivity contribution < 1.29 is 0 Å². The first-order valence-electron chi connectivity index (χ1n) is 14.2. The molecule has 1 aromatic rings. The van der Waals surface area contributed by atoms with Crippen LogP contribution < -0.4 is 0 Å². The SMILES string of the molecule is C.C.C.CC(C)(C)C.CC(C)(C)c1ccccc1.CC1(C)CCCCC1.CC1CC(C)(C)CC(C)(C)C1. The lowest BCUT2D eigenvalue weighted by atomic mass is 9.62. The van der Waals surface area contributed by atoms with Gasteiger partial charge in [0.2, 0.25) is 0 Å². The fraction of sp³-hybridized carbons (Fsp3) is 0.838. The average Bonchev–Trinajstić information content (AvgIpc) is 2.58. The van der Waals surface area contributed by atoms with Gasteiger partial charge in [-0.25, -0.2) is 0 Å². The first kappa shape index (κ1) is 43.3. The number of hydrogen-bond acceptors (Lipinski definition) is 0. The first-order valence-corrected chi connectivity index (χ1v) is 14.2. The van der Waals surface area contributed by atoms with E-state index < -0.39 is 0 Å². The molecular weight excluding hydrogens is 444 g/mol. The highest BCUT2D eigenvalue weighted by molar-refractivity contribution is 5.22. The van der Waals surface area contributed by atoms with Crippen LogP contribution in [0.2, 0.25) is 0 Å². The fourth-order valence-electron chi connectivity index (χ4n) is 5.85. The number of benzene rings is 1. The Morgan fingerprint density at radius 3 is 1.16 bits per heavy atom. The Morgan fingerprint density at radius 2 is 0.946 bits per heavy atom. The molecule has 0 N–H and O–H groups in total. The van der Waals surface area contributed by atoms with Gasteiger partial charge in [-0.05, 0) is 70.7 Å². The number of hydrogen-bond donors (Lipinski definition) is 0. The van der Waals surface area contributed by atoms with Crippen molar-refractivity contribution in [1.82, 2.24) is 0 Å². The third kappa shape index (κ3) is 25.3. The topological polar surface area (TPSA) is 0 Å². The fourth-order valence-corrected chi connectivity index (χ4v) is 5.85. The summed E-state index contributed by atoms with van der Waals surface area (Å²) in [5, 5.41) is 0. The van der Waals surface area contributed by atoms with E-state index in [2.05, 4.69) is 127 Å². The minimum absolute atomic E-state index is 0. The first-order chi connectivity index (χ1) is 15.1. The Balaban J connectivity index is -0.000000197. The smallest absolute Gasteiger partial charge is 0.0132 e. The van der Waals surface area contributed by atoms with E-state index in [9.17, 15) is 0 Å². The highest BCUT2D eigenvalue weighted by Gasteiger charge is 2.36. The predicted octanol–water partition coefficient (Wildman–Crippen LogP) is 13.8. The van der Waals surface area contributed by atoms with Crippen LogP contribution in [0.15, 0.2) is 30.3 Å². The second-order valence-corrected chi connectivity index (χ2v) is 16.4. The quantitative estimate of drug-likeness (QED) is 0.319. The van der Waals surface area contributed by atoms with Crippen molar-refractivity contribution in [3.63, 3.8) is 0 Å². The van der Waals surface area contributed by atoms with Crippen LogP contribution in [-0.2, 0) is 5.41 Å². The molecule has 1 aromatic carbocycles. The molecule has 2 fully saturated rings. The second kappa shape index (κ2) is 17.7. The van der Waals surface area contributed by atoms with Crippen LogP contribution in [0.5, 0.6) is 0 Å². The lowest BCUT2D eigenvalue weighted by molar-refractivity contribution is 0.0754. The van der Waals surface area contributed by atoms with Crippen molar-refractivity contribution in [1.29, 1.82) is 0 Å². The van der Waals surface area contributed by atoms with Crippen LogP contribution in [0, 0.1) is 27.6 Å². The van der Waals surface area contributed by atoms with E-state index in [1.165, 1.54) is 56.9 Å². The molecule has 0 bridgehead atoms. The van der Waals surface area contributed by atoms with Gasteiger partial charge < -0.3 is 0 Å². The maximum Gasteiger partial charge on any atom is -0.0132 e. The van der Waals surface area contributed by atoms with Gasteiger partial charge in [0.1, 0.15) is 0 Å². The van der Waals surface area contributed by atoms with Gasteiger partial charge in [-0.2, -0.15) is 0 Å². The van der Waals surface area contributed by atoms with Gasteiger partial charge in [-0.1, -0.05) is 169 Å². The molecule has 224 valence electrons. The molecule has 3 rings (SSSR count). The van der Waals surface area contributed by atoms with Crippen LogP contribution in [0.4, 0.5) is 0 Å². The van der Waals surface area contributed by atoms with Gasteiger partial charge in [0, 0.05) is 0 Å². The predicted molar refractivity (Wildman–Crippen MR) is 178 cm³/mol. The van der Waals surface area contributed by atoms with Crippen molar-refractivity contribution in [2.75, 3.05) is 0 Å². The summed E-state index contributed by atoms with van der Waals surface area (Å²) in [7, 11) is 0. The van der Waals surface area contributed by atoms with Gasteiger partial charge in [0.25, 0.3) is 0 Å². The van der Waals surface area contributed by atoms with E-state index in [0.717, 1.165) is 5.92 Å². The van der Waals surface area contributed by atoms with E-state index in [1.807, 2.05) is 0 Å². The van der Waals surface area contributed by atoms with Crippen molar-refractivity contribution in [2.45, 2.75) is 176 Å². The summed E-state index contributed by atoms with van der Waals surface area (Å²) >= 11 is 0. The minimum atomic E-state index is 0.